The molecule has 0 unspecified atom stereocenters. The maximum atomic E-state index is 13.2. The summed E-state index contributed by atoms with van der Waals surface area (Å²) >= 11 is 0. The topological polar surface area (TPSA) is 52.9 Å². The molecule has 0 fully saturated rings. The Morgan fingerprint density at radius 1 is 1.18 bits per heavy atom. The van der Waals surface area contributed by atoms with Crippen LogP contribution >= 0.6 is 0 Å². The zero-order valence-electron chi connectivity index (χ0n) is 11.7. The van der Waals surface area contributed by atoms with Crippen LogP contribution in [-0.2, 0) is 4.79 Å². The average molecular weight is 298 g/mol. The normalized spacial score (nSPS) is 10.9. The van der Waals surface area contributed by atoms with Gasteiger partial charge in [-0.1, -0.05) is 6.07 Å². The number of nitrogens with one attached hydrogen (secondary N) is 1. The fourth-order valence-corrected chi connectivity index (χ4v) is 1.80. The molecule has 22 heavy (non-hydrogen) atoms. The van der Waals surface area contributed by atoms with E-state index in [0.29, 0.717) is 16.8 Å². The van der Waals surface area contributed by atoms with E-state index in [2.05, 4.69) is 5.32 Å². The van der Waals surface area contributed by atoms with Gasteiger partial charge in [-0.05, 0) is 60.5 Å². The summed E-state index contributed by atoms with van der Waals surface area (Å²) in [5.41, 5.74) is 1.22. The van der Waals surface area contributed by atoms with E-state index in [9.17, 15) is 13.6 Å². The largest absolute Gasteiger partial charge is 0.321 e. The quantitative estimate of drug-likeness (QED) is 0.692. The van der Waals surface area contributed by atoms with E-state index < -0.39 is 11.7 Å². The van der Waals surface area contributed by atoms with E-state index in [-0.39, 0.29) is 11.4 Å². The molecule has 1 amide bonds. The molecule has 0 bridgehead atoms. The standard InChI is InChI=1S/C17H12F2N2O/c1-11-8-12(2-7-16(11)19)9-13(10-20)17(22)21-15-5-3-14(18)4-6-15/h2-9H,1H3,(H,21,22). The summed E-state index contributed by atoms with van der Waals surface area (Å²) in [6.45, 7) is 1.59. The number of carbonyl (C=O) groups excluding carboxylic acids is 1. The second-order valence-corrected chi connectivity index (χ2v) is 4.64. The van der Waals surface area contributed by atoms with Gasteiger partial charge in [-0.2, -0.15) is 5.26 Å². The molecule has 0 aliphatic carbocycles. The first kappa shape index (κ1) is 15.4. The van der Waals surface area contributed by atoms with Crippen molar-refractivity contribution in [3.05, 3.63) is 70.8 Å². The molecule has 2 rings (SSSR count). The molecular formula is C17H12F2N2O. The molecule has 2 aromatic carbocycles. The Morgan fingerprint density at radius 2 is 1.86 bits per heavy atom. The van der Waals surface area contributed by atoms with Gasteiger partial charge in [0.2, 0.25) is 0 Å². The Bertz CT molecular complexity index is 774. The summed E-state index contributed by atoms with van der Waals surface area (Å²) in [5, 5.41) is 11.6. The van der Waals surface area contributed by atoms with Crippen molar-refractivity contribution in [2.45, 2.75) is 6.92 Å². The minimum atomic E-state index is -0.615. The van der Waals surface area contributed by atoms with Gasteiger partial charge in [-0.25, -0.2) is 8.78 Å². The minimum Gasteiger partial charge on any atom is -0.321 e. The number of rotatable bonds is 3. The third kappa shape index (κ3) is 3.76. The van der Waals surface area contributed by atoms with Crippen LogP contribution in [0.1, 0.15) is 11.1 Å². The van der Waals surface area contributed by atoms with Crippen molar-refractivity contribution < 1.29 is 13.6 Å². The maximum absolute atomic E-state index is 13.2. The molecule has 0 radical (unpaired) electrons. The molecule has 2 aromatic rings. The lowest BCUT2D eigenvalue weighted by Crippen LogP contribution is -2.13. The van der Waals surface area contributed by atoms with E-state index in [1.54, 1.807) is 13.0 Å². The van der Waals surface area contributed by atoms with Gasteiger partial charge in [0.05, 0.1) is 0 Å². The van der Waals surface area contributed by atoms with Crippen LogP contribution in [0.25, 0.3) is 6.08 Å². The van der Waals surface area contributed by atoms with Crippen molar-refractivity contribution in [3.8, 4) is 6.07 Å². The Hall–Kier alpha value is -3.00. The van der Waals surface area contributed by atoms with E-state index in [1.807, 2.05) is 0 Å². The van der Waals surface area contributed by atoms with Gasteiger partial charge in [0.1, 0.15) is 23.3 Å². The van der Waals surface area contributed by atoms with Crippen molar-refractivity contribution in [1.29, 1.82) is 5.26 Å². The van der Waals surface area contributed by atoms with Gasteiger partial charge in [0.25, 0.3) is 5.91 Å². The summed E-state index contributed by atoms with van der Waals surface area (Å²) in [5.74, 6) is -1.39. The summed E-state index contributed by atoms with van der Waals surface area (Å²) < 4.78 is 26.0. The Balaban J connectivity index is 2.21. The van der Waals surface area contributed by atoms with Crippen LogP contribution in [0.3, 0.4) is 0 Å². The smallest absolute Gasteiger partial charge is 0.266 e. The fourth-order valence-electron chi connectivity index (χ4n) is 1.80. The molecule has 0 aliphatic rings. The first-order valence-corrected chi connectivity index (χ1v) is 6.44. The van der Waals surface area contributed by atoms with Crippen molar-refractivity contribution in [2.75, 3.05) is 5.32 Å². The summed E-state index contributed by atoms with van der Waals surface area (Å²) in [6.07, 6.45) is 1.37. The predicted octanol–water partition coefficient (Wildman–Crippen LogP) is 3.82. The first-order chi connectivity index (χ1) is 10.5. The Kier molecular flexibility index (Phi) is 4.64. The highest BCUT2D eigenvalue weighted by atomic mass is 19.1. The molecule has 3 nitrogen and oxygen atoms in total. The van der Waals surface area contributed by atoms with Crippen molar-refractivity contribution in [3.63, 3.8) is 0 Å². The third-order valence-corrected chi connectivity index (χ3v) is 2.96. The summed E-state index contributed by atoms with van der Waals surface area (Å²) in [6, 6.07) is 11.3. The highest BCUT2D eigenvalue weighted by molar-refractivity contribution is 6.09. The zero-order valence-corrected chi connectivity index (χ0v) is 11.7. The van der Waals surface area contributed by atoms with E-state index in [4.69, 9.17) is 5.26 Å². The van der Waals surface area contributed by atoms with Gasteiger partial charge in [-0.3, -0.25) is 4.79 Å². The molecule has 0 aromatic heterocycles. The second-order valence-electron chi connectivity index (χ2n) is 4.64. The van der Waals surface area contributed by atoms with E-state index in [0.717, 1.165) is 0 Å². The second kappa shape index (κ2) is 6.64. The van der Waals surface area contributed by atoms with Crippen molar-refractivity contribution >= 4 is 17.7 Å². The minimum absolute atomic E-state index is 0.129. The van der Waals surface area contributed by atoms with Gasteiger partial charge in [0.15, 0.2) is 0 Å². The molecule has 0 spiro atoms. The van der Waals surface area contributed by atoms with Crippen LogP contribution in [0.15, 0.2) is 48.0 Å². The molecule has 0 saturated carbocycles. The van der Waals surface area contributed by atoms with Crippen LogP contribution in [0.5, 0.6) is 0 Å². The lowest BCUT2D eigenvalue weighted by atomic mass is 10.1. The third-order valence-electron chi connectivity index (χ3n) is 2.96. The number of benzene rings is 2. The first-order valence-electron chi connectivity index (χ1n) is 6.44. The van der Waals surface area contributed by atoms with E-state index >= 15 is 0 Å². The highest BCUT2D eigenvalue weighted by Gasteiger charge is 2.10. The van der Waals surface area contributed by atoms with Crippen LogP contribution in [0, 0.1) is 29.9 Å². The number of anilines is 1. The van der Waals surface area contributed by atoms with Gasteiger partial charge >= 0.3 is 0 Å². The fraction of sp³-hybridized carbons (Fsp3) is 0.0588. The zero-order chi connectivity index (χ0) is 16.1. The number of hydrogen-bond acceptors (Lipinski definition) is 2. The highest BCUT2D eigenvalue weighted by Crippen LogP contribution is 2.14. The lowest BCUT2D eigenvalue weighted by molar-refractivity contribution is -0.112. The summed E-state index contributed by atoms with van der Waals surface area (Å²) in [4.78, 5) is 12.0. The molecule has 0 atom stereocenters. The number of nitrogens with zero attached hydrogens (tertiary/aromatic N) is 1. The number of aryl methyl sites for hydroxylation is 1. The molecule has 5 heteroatoms. The van der Waals surface area contributed by atoms with Gasteiger partial charge in [0, 0.05) is 5.69 Å². The molecule has 110 valence electrons. The maximum Gasteiger partial charge on any atom is 0.266 e. The SMILES string of the molecule is Cc1cc(C=C(C#N)C(=O)Nc2ccc(F)cc2)ccc1F. The van der Waals surface area contributed by atoms with Crippen molar-refractivity contribution in [1.82, 2.24) is 0 Å². The number of hydrogen-bond donors (Lipinski definition) is 1. The Morgan fingerprint density at radius 3 is 2.45 bits per heavy atom. The molecule has 0 saturated heterocycles. The molecule has 1 N–H and O–H groups in total. The molecule has 0 heterocycles. The summed E-state index contributed by atoms with van der Waals surface area (Å²) in [7, 11) is 0. The molecule has 0 aliphatic heterocycles. The number of nitriles is 1. The van der Waals surface area contributed by atoms with Crippen LogP contribution < -0.4 is 5.32 Å². The van der Waals surface area contributed by atoms with Crippen molar-refractivity contribution in [2.24, 2.45) is 0 Å². The number of amides is 1. The van der Waals surface area contributed by atoms with E-state index in [1.165, 1.54) is 48.5 Å². The molecular weight excluding hydrogens is 286 g/mol. The van der Waals surface area contributed by atoms with Crippen LogP contribution in [-0.4, -0.2) is 5.91 Å². The monoisotopic (exact) mass is 298 g/mol. The number of carbonyl (C=O) groups is 1. The van der Waals surface area contributed by atoms with Gasteiger partial charge in [-0.15, -0.1) is 0 Å². The van der Waals surface area contributed by atoms with Crippen LogP contribution in [0.2, 0.25) is 0 Å². The lowest BCUT2D eigenvalue weighted by Gasteiger charge is -2.04. The Labute approximate surface area is 126 Å². The van der Waals surface area contributed by atoms with Gasteiger partial charge < -0.3 is 5.32 Å². The number of halogens is 2. The predicted molar refractivity (Wildman–Crippen MR) is 79.8 cm³/mol. The average Bonchev–Trinajstić information content (AvgIpc) is 2.50. The van der Waals surface area contributed by atoms with Crippen LogP contribution in [0.4, 0.5) is 14.5 Å².